The van der Waals surface area contributed by atoms with Crippen molar-refractivity contribution in [1.29, 1.82) is 0 Å². The smallest absolute Gasteiger partial charge is 0.248 e. The van der Waals surface area contributed by atoms with Gasteiger partial charge in [-0.1, -0.05) is 11.6 Å². The summed E-state index contributed by atoms with van der Waals surface area (Å²) in [5.41, 5.74) is 2.47. The number of rotatable bonds is 7. The second-order valence-corrected chi connectivity index (χ2v) is 9.24. The summed E-state index contributed by atoms with van der Waals surface area (Å²) in [6.07, 6.45) is 5.48. The molecule has 35 heavy (non-hydrogen) atoms. The van der Waals surface area contributed by atoms with Crippen molar-refractivity contribution in [2.45, 2.75) is 25.2 Å². The number of hydrogen-bond acceptors (Lipinski definition) is 7. The van der Waals surface area contributed by atoms with E-state index in [4.69, 9.17) is 25.8 Å². The molecule has 2 aromatic heterocycles. The van der Waals surface area contributed by atoms with E-state index in [1.54, 1.807) is 6.20 Å². The number of hydrogen-bond donors (Lipinski definition) is 3. The number of aromatic nitrogens is 2. The molecule has 4 heterocycles. The number of aromatic amines is 1. The third-order valence-electron chi connectivity index (χ3n) is 6.46. The first kappa shape index (κ1) is 21.9. The largest absolute Gasteiger partial charge is 0.490 e. The molecule has 6 rings (SSSR count). The van der Waals surface area contributed by atoms with E-state index in [0.717, 1.165) is 46.9 Å². The van der Waals surface area contributed by atoms with Crippen LogP contribution in [-0.2, 0) is 0 Å². The van der Waals surface area contributed by atoms with Crippen LogP contribution in [0.15, 0.2) is 60.9 Å². The average molecular weight is 492 g/mol. The van der Waals surface area contributed by atoms with Crippen LogP contribution in [0.2, 0.25) is 5.02 Å². The Kier molecular flexibility index (Phi) is 5.75. The fourth-order valence-electron chi connectivity index (χ4n) is 4.53. The van der Waals surface area contributed by atoms with Crippen molar-refractivity contribution in [3.63, 3.8) is 0 Å². The number of likely N-dealkylation sites (tertiary alicyclic amines) is 1. The highest BCUT2D eigenvalue weighted by Gasteiger charge is 2.24. The van der Waals surface area contributed by atoms with Gasteiger partial charge in [-0.3, -0.25) is 0 Å². The number of likely N-dealkylation sites (N-methyl/N-ethyl adjacent to an activating group) is 1. The minimum absolute atomic E-state index is 0.425. The van der Waals surface area contributed by atoms with Crippen LogP contribution in [-0.4, -0.2) is 47.5 Å². The van der Waals surface area contributed by atoms with Gasteiger partial charge in [0.15, 0.2) is 0 Å². The molecule has 3 N–H and O–H groups in total. The third-order valence-corrected chi connectivity index (χ3v) is 6.77. The van der Waals surface area contributed by atoms with E-state index in [2.05, 4.69) is 32.5 Å². The molecule has 2 aromatic carbocycles. The molecule has 0 spiro atoms. The van der Waals surface area contributed by atoms with Crippen LogP contribution in [0.25, 0.3) is 11.0 Å². The molecule has 0 amide bonds. The summed E-state index contributed by atoms with van der Waals surface area (Å²) >= 11 is 6.39. The molecule has 0 bridgehead atoms. The highest BCUT2D eigenvalue weighted by molar-refractivity contribution is 6.32. The molecule has 2 aliphatic heterocycles. The zero-order valence-corrected chi connectivity index (χ0v) is 20.0. The monoisotopic (exact) mass is 491 g/mol. The summed E-state index contributed by atoms with van der Waals surface area (Å²) < 4.78 is 18.2. The molecule has 1 fully saturated rings. The lowest BCUT2D eigenvalue weighted by atomic mass is 10.2. The Labute approximate surface area is 208 Å². The van der Waals surface area contributed by atoms with Crippen molar-refractivity contribution >= 4 is 34.0 Å². The molecule has 8 nitrogen and oxygen atoms in total. The Morgan fingerprint density at radius 3 is 3.00 bits per heavy atom. The number of halogens is 1. The van der Waals surface area contributed by atoms with Gasteiger partial charge in [0.1, 0.15) is 35.3 Å². The molecule has 2 atom stereocenters. The van der Waals surface area contributed by atoms with Gasteiger partial charge in [-0.15, -0.1) is 0 Å². The molecule has 1 saturated heterocycles. The van der Waals surface area contributed by atoms with Gasteiger partial charge < -0.3 is 34.7 Å². The van der Waals surface area contributed by atoms with Crippen LogP contribution >= 0.6 is 11.6 Å². The molecule has 0 saturated carbocycles. The Morgan fingerprint density at radius 1 is 1.17 bits per heavy atom. The number of H-pyrrole nitrogens is 1. The molecule has 9 heteroatoms. The van der Waals surface area contributed by atoms with Gasteiger partial charge >= 0.3 is 0 Å². The molecule has 2 aliphatic rings. The topological polar surface area (TPSA) is 83.7 Å². The van der Waals surface area contributed by atoms with Crippen molar-refractivity contribution in [2.24, 2.45) is 0 Å². The Bertz CT molecular complexity index is 1360. The van der Waals surface area contributed by atoms with Crippen LogP contribution in [0.5, 0.6) is 23.0 Å². The van der Waals surface area contributed by atoms with E-state index in [-0.39, 0.29) is 0 Å². The van der Waals surface area contributed by atoms with Gasteiger partial charge in [0.05, 0.1) is 16.1 Å². The first-order chi connectivity index (χ1) is 17.1. The number of anilines is 2. The maximum Gasteiger partial charge on any atom is 0.248 e. The highest BCUT2D eigenvalue weighted by atomic mass is 35.5. The Hall–Kier alpha value is -3.62. The van der Waals surface area contributed by atoms with Crippen LogP contribution in [0, 0.1) is 0 Å². The number of benzene rings is 2. The van der Waals surface area contributed by atoms with Gasteiger partial charge in [0.25, 0.3) is 0 Å². The minimum Gasteiger partial charge on any atom is -0.490 e. The van der Waals surface area contributed by atoms with Gasteiger partial charge in [-0.2, -0.15) is 0 Å². The van der Waals surface area contributed by atoms with Crippen LogP contribution in [0.3, 0.4) is 0 Å². The predicted octanol–water partition coefficient (Wildman–Crippen LogP) is 5.68. The first-order valence-electron chi connectivity index (χ1n) is 11.7. The number of nitrogens with one attached hydrogen (secondary N) is 3. The lowest BCUT2D eigenvalue weighted by molar-refractivity contribution is 0.198. The predicted molar refractivity (Wildman–Crippen MR) is 137 cm³/mol. The summed E-state index contributed by atoms with van der Waals surface area (Å²) in [7, 11) is 2.13. The fraction of sp³-hybridized carbons (Fsp3) is 0.269. The standard InChI is InChI=1S/C26H26ClN5O3/c1-32-12-2-3-17(32)15-33-24-13-16(4-6-20(24)27)30-26-31-21-14-18(5-7-23(21)35-26)34-22-9-11-29-25-19(22)8-10-28-25/h4-11,13-14,17,26,30-31H,2-3,12,15H2,1H3,(H,28,29)/t17-,26?/m0/s1. The van der Waals surface area contributed by atoms with Gasteiger partial charge in [-0.25, -0.2) is 4.98 Å². The van der Waals surface area contributed by atoms with Gasteiger partial charge in [0.2, 0.25) is 6.35 Å². The summed E-state index contributed by atoms with van der Waals surface area (Å²) in [5, 5.41) is 8.21. The third kappa shape index (κ3) is 4.54. The first-order valence-corrected chi connectivity index (χ1v) is 12.1. The number of nitrogens with zero attached hydrogens (tertiary/aromatic N) is 2. The van der Waals surface area contributed by atoms with E-state index in [0.29, 0.717) is 29.2 Å². The second kappa shape index (κ2) is 9.20. The van der Waals surface area contributed by atoms with E-state index in [1.165, 1.54) is 6.42 Å². The quantitative estimate of drug-likeness (QED) is 0.306. The SMILES string of the molecule is CN1CCC[C@H]1COc1cc(NC2Nc3cc(Oc4ccnc5[nH]ccc45)ccc3O2)ccc1Cl. The fourth-order valence-corrected chi connectivity index (χ4v) is 4.71. The van der Waals surface area contributed by atoms with E-state index in [1.807, 2.05) is 54.7 Å². The molecular formula is C26H26ClN5O3. The van der Waals surface area contributed by atoms with Crippen LogP contribution < -0.4 is 24.8 Å². The summed E-state index contributed by atoms with van der Waals surface area (Å²) in [6, 6.07) is 15.6. The molecule has 0 radical (unpaired) electrons. The number of fused-ring (bicyclic) bond motifs is 2. The summed E-state index contributed by atoms with van der Waals surface area (Å²) in [5.74, 6) is 2.85. The van der Waals surface area contributed by atoms with Crippen molar-refractivity contribution in [2.75, 3.05) is 30.8 Å². The molecular weight excluding hydrogens is 466 g/mol. The zero-order chi connectivity index (χ0) is 23.8. The maximum atomic E-state index is 6.39. The average Bonchev–Trinajstić information content (AvgIpc) is 3.59. The Balaban J connectivity index is 1.11. The van der Waals surface area contributed by atoms with Gasteiger partial charge in [-0.05, 0) is 62.8 Å². The molecule has 4 aromatic rings. The molecule has 1 unspecified atom stereocenters. The maximum absolute atomic E-state index is 6.39. The van der Waals surface area contributed by atoms with Crippen LogP contribution in [0.1, 0.15) is 12.8 Å². The van der Waals surface area contributed by atoms with Crippen molar-refractivity contribution in [3.8, 4) is 23.0 Å². The lowest BCUT2D eigenvalue weighted by Crippen LogP contribution is -2.31. The summed E-state index contributed by atoms with van der Waals surface area (Å²) in [4.78, 5) is 9.73. The Morgan fingerprint density at radius 2 is 2.11 bits per heavy atom. The zero-order valence-electron chi connectivity index (χ0n) is 19.3. The van der Waals surface area contributed by atoms with Gasteiger partial charge in [0, 0.05) is 36.3 Å². The number of ether oxygens (including phenoxy) is 3. The number of pyridine rings is 1. The van der Waals surface area contributed by atoms with Crippen LogP contribution in [0.4, 0.5) is 11.4 Å². The molecule has 180 valence electrons. The van der Waals surface area contributed by atoms with Crippen molar-refractivity contribution < 1.29 is 14.2 Å². The van der Waals surface area contributed by atoms with E-state index < -0.39 is 6.35 Å². The molecule has 0 aliphatic carbocycles. The normalized spacial score (nSPS) is 19.3. The van der Waals surface area contributed by atoms with E-state index >= 15 is 0 Å². The van der Waals surface area contributed by atoms with E-state index in [9.17, 15) is 0 Å². The minimum atomic E-state index is -0.437. The second-order valence-electron chi connectivity index (χ2n) is 8.83. The van der Waals surface area contributed by atoms with Crippen molar-refractivity contribution in [3.05, 3.63) is 65.9 Å². The lowest BCUT2D eigenvalue weighted by Gasteiger charge is -2.21. The summed E-state index contributed by atoms with van der Waals surface area (Å²) in [6.45, 7) is 1.74. The van der Waals surface area contributed by atoms with Crippen molar-refractivity contribution in [1.82, 2.24) is 14.9 Å². The highest BCUT2D eigenvalue weighted by Crippen LogP contribution is 2.38.